The normalized spacial score (nSPS) is 10.4. The third-order valence-electron chi connectivity index (χ3n) is 2.38. The van der Waals surface area contributed by atoms with Gasteiger partial charge in [-0.15, -0.1) is 0 Å². The molecule has 2 N–H and O–H groups in total. The number of aromatic nitrogens is 3. The van der Waals surface area contributed by atoms with Gasteiger partial charge in [0.05, 0.1) is 6.20 Å². The Hall–Kier alpha value is -2.18. The fraction of sp³-hybridized carbons (Fsp3) is 0.273. The molecule has 18 heavy (non-hydrogen) atoms. The van der Waals surface area contributed by atoms with E-state index in [1.165, 1.54) is 7.05 Å². The summed E-state index contributed by atoms with van der Waals surface area (Å²) in [4.78, 5) is 3.81. The number of aryl methyl sites for hydroxylation is 1. The first kappa shape index (κ1) is 12.3. The largest absolute Gasteiger partial charge is 0.371 e. The molecule has 2 rings (SSSR count). The Balaban J connectivity index is 2.13. The van der Waals surface area contributed by atoms with Gasteiger partial charge < -0.3 is 10.6 Å². The number of halogens is 2. The Morgan fingerprint density at radius 1 is 1.28 bits per heavy atom. The number of nitrogens with one attached hydrogen (secondary N) is 2. The Morgan fingerprint density at radius 2 is 2.00 bits per heavy atom. The third kappa shape index (κ3) is 2.55. The third-order valence-corrected chi connectivity index (χ3v) is 2.38. The molecule has 0 aliphatic heterocycles. The average molecular weight is 253 g/mol. The molecule has 0 saturated carbocycles. The summed E-state index contributed by atoms with van der Waals surface area (Å²) in [7, 11) is 3.31. The van der Waals surface area contributed by atoms with Crippen molar-refractivity contribution in [2.75, 3.05) is 17.7 Å². The summed E-state index contributed by atoms with van der Waals surface area (Å²) < 4.78 is 28.3. The minimum atomic E-state index is -0.726. The Bertz CT molecular complexity index is 552. The van der Waals surface area contributed by atoms with Crippen molar-refractivity contribution >= 4 is 11.6 Å². The van der Waals surface area contributed by atoms with Crippen LogP contribution in [0.1, 0.15) is 5.56 Å². The highest BCUT2D eigenvalue weighted by molar-refractivity contribution is 5.47. The van der Waals surface area contributed by atoms with E-state index in [2.05, 4.69) is 20.7 Å². The van der Waals surface area contributed by atoms with E-state index in [0.717, 1.165) is 11.6 Å². The van der Waals surface area contributed by atoms with Gasteiger partial charge in [0.2, 0.25) is 0 Å². The van der Waals surface area contributed by atoms with Gasteiger partial charge in [0, 0.05) is 38.5 Å². The number of hydrogen-bond donors (Lipinski definition) is 2. The molecule has 0 spiro atoms. The molecular formula is C11H13F2N5. The monoisotopic (exact) mass is 253 g/mol. The zero-order chi connectivity index (χ0) is 13.1. The van der Waals surface area contributed by atoms with Gasteiger partial charge in [0.15, 0.2) is 23.3 Å². The Kier molecular flexibility index (Phi) is 3.40. The number of pyridine rings is 1. The smallest absolute Gasteiger partial charge is 0.168 e. The Morgan fingerprint density at radius 3 is 2.61 bits per heavy atom. The maximum absolute atomic E-state index is 13.5. The van der Waals surface area contributed by atoms with Crippen LogP contribution in [0.25, 0.3) is 0 Å². The lowest BCUT2D eigenvalue weighted by atomic mass is 10.3. The van der Waals surface area contributed by atoms with Gasteiger partial charge in [0.25, 0.3) is 0 Å². The SMILES string of the molecule is CNc1nc(NCc2cnn(C)c2)c(F)cc1F. The molecule has 0 fully saturated rings. The van der Waals surface area contributed by atoms with E-state index in [-0.39, 0.29) is 11.6 Å². The van der Waals surface area contributed by atoms with Crippen LogP contribution in [0.3, 0.4) is 0 Å². The standard InChI is InChI=1S/C11H13F2N5/c1-14-10-8(12)3-9(13)11(17-10)15-4-7-5-16-18(2)6-7/h3,5-6H,4H2,1-2H3,(H2,14,15,17). The van der Waals surface area contributed by atoms with Gasteiger partial charge >= 0.3 is 0 Å². The lowest BCUT2D eigenvalue weighted by molar-refractivity contribution is 0.578. The van der Waals surface area contributed by atoms with E-state index in [9.17, 15) is 8.78 Å². The highest BCUT2D eigenvalue weighted by Gasteiger charge is 2.10. The van der Waals surface area contributed by atoms with Crippen LogP contribution in [0.5, 0.6) is 0 Å². The molecule has 96 valence electrons. The van der Waals surface area contributed by atoms with E-state index < -0.39 is 11.6 Å². The molecule has 7 heteroatoms. The molecule has 5 nitrogen and oxygen atoms in total. The number of nitrogens with zero attached hydrogens (tertiary/aromatic N) is 3. The zero-order valence-electron chi connectivity index (χ0n) is 10.0. The quantitative estimate of drug-likeness (QED) is 0.871. The van der Waals surface area contributed by atoms with Crippen molar-refractivity contribution in [1.29, 1.82) is 0 Å². The maximum atomic E-state index is 13.5. The molecule has 0 atom stereocenters. The minimum Gasteiger partial charge on any atom is -0.371 e. The molecule has 0 unspecified atom stereocenters. The average Bonchev–Trinajstić information content (AvgIpc) is 2.74. The molecule has 0 saturated heterocycles. The first-order valence-corrected chi connectivity index (χ1v) is 5.35. The molecule has 2 heterocycles. The van der Waals surface area contributed by atoms with Crippen LogP contribution in [-0.4, -0.2) is 21.8 Å². The molecule has 0 aliphatic carbocycles. The van der Waals surface area contributed by atoms with Crippen LogP contribution in [0.4, 0.5) is 20.4 Å². The summed E-state index contributed by atoms with van der Waals surface area (Å²) >= 11 is 0. The van der Waals surface area contributed by atoms with Crippen molar-refractivity contribution in [1.82, 2.24) is 14.8 Å². The van der Waals surface area contributed by atoms with Gasteiger partial charge in [-0.3, -0.25) is 4.68 Å². The highest BCUT2D eigenvalue weighted by Crippen LogP contribution is 2.19. The highest BCUT2D eigenvalue weighted by atomic mass is 19.1. The first-order chi connectivity index (χ1) is 8.60. The van der Waals surface area contributed by atoms with Gasteiger partial charge in [0.1, 0.15) is 0 Å². The van der Waals surface area contributed by atoms with Crippen LogP contribution >= 0.6 is 0 Å². The molecule has 0 bridgehead atoms. The van der Waals surface area contributed by atoms with Crippen molar-refractivity contribution in [3.8, 4) is 0 Å². The summed E-state index contributed by atoms with van der Waals surface area (Å²) in [6.45, 7) is 0.368. The summed E-state index contributed by atoms with van der Waals surface area (Å²) in [6.07, 6.45) is 3.46. The molecule has 0 aliphatic rings. The fourth-order valence-electron chi connectivity index (χ4n) is 1.51. The van der Waals surface area contributed by atoms with Crippen molar-refractivity contribution < 1.29 is 8.78 Å². The minimum absolute atomic E-state index is 0.00426. The number of hydrogen-bond acceptors (Lipinski definition) is 4. The second-order valence-electron chi connectivity index (χ2n) is 3.78. The summed E-state index contributed by atoms with van der Waals surface area (Å²) in [5.41, 5.74) is 0.883. The molecule has 2 aromatic heterocycles. The predicted molar refractivity (Wildman–Crippen MR) is 64.2 cm³/mol. The summed E-state index contributed by atoms with van der Waals surface area (Å²) in [5, 5.41) is 9.34. The first-order valence-electron chi connectivity index (χ1n) is 5.35. The topological polar surface area (TPSA) is 54.8 Å². The second kappa shape index (κ2) is 4.99. The summed E-state index contributed by atoms with van der Waals surface area (Å²) in [6, 6.07) is 0.796. The van der Waals surface area contributed by atoms with Gasteiger partial charge in [-0.1, -0.05) is 0 Å². The summed E-state index contributed by atoms with van der Waals surface area (Å²) in [5.74, 6) is -1.44. The fourth-order valence-corrected chi connectivity index (χ4v) is 1.51. The predicted octanol–water partition coefficient (Wildman–Crippen LogP) is 1.75. The lowest BCUT2D eigenvalue weighted by Crippen LogP contribution is -2.06. The molecule has 2 aromatic rings. The maximum Gasteiger partial charge on any atom is 0.168 e. The van der Waals surface area contributed by atoms with E-state index in [4.69, 9.17) is 0 Å². The van der Waals surface area contributed by atoms with Crippen LogP contribution in [0.2, 0.25) is 0 Å². The van der Waals surface area contributed by atoms with E-state index in [1.807, 2.05) is 0 Å². The molecule has 0 radical (unpaired) electrons. The van der Waals surface area contributed by atoms with Gasteiger partial charge in [-0.2, -0.15) is 5.10 Å². The van der Waals surface area contributed by atoms with E-state index in [1.54, 1.807) is 24.1 Å². The Labute approximate surface area is 103 Å². The van der Waals surface area contributed by atoms with Gasteiger partial charge in [-0.05, 0) is 0 Å². The molecule has 0 amide bonds. The van der Waals surface area contributed by atoms with Gasteiger partial charge in [-0.25, -0.2) is 13.8 Å². The number of rotatable bonds is 4. The van der Waals surface area contributed by atoms with E-state index in [0.29, 0.717) is 6.54 Å². The van der Waals surface area contributed by atoms with Crippen LogP contribution in [0, 0.1) is 11.6 Å². The van der Waals surface area contributed by atoms with Crippen molar-refractivity contribution in [2.24, 2.45) is 7.05 Å². The van der Waals surface area contributed by atoms with Crippen LogP contribution < -0.4 is 10.6 Å². The molecule has 0 aromatic carbocycles. The number of anilines is 2. The van der Waals surface area contributed by atoms with Crippen molar-refractivity contribution in [3.05, 3.63) is 35.7 Å². The van der Waals surface area contributed by atoms with Crippen molar-refractivity contribution in [2.45, 2.75) is 6.54 Å². The van der Waals surface area contributed by atoms with Crippen LogP contribution in [-0.2, 0) is 13.6 Å². The zero-order valence-corrected chi connectivity index (χ0v) is 10.0. The second-order valence-corrected chi connectivity index (χ2v) is 3.78. The molecular weight excluding hydrogens is 240 g/mol. The van der Waals surface area contributed by atoms with Crippen molar-refractivity contribution in [3.63, 3.8) is 0 Å². The van der Waals surface area contributed by atoms with E-state index >= 15 is 0 Å². The van der Waals surface area contributed by atoms with Crippen LogP contribution in [0.15, 0.2) is 18.5 Å². The lowest BCUT2D eigenvalue weighted by Gasteiger charge is -2.08.